The van der Waals surface area contributed by atoms with E-state index in [9.17, 15) is 9.59 Å². The summed E-state index contributed by atoms with van der Waals surface area (Å²) in [5.41, 5.74) is 1.64. The van der Waals surface area contributed by atoms with Crippen LogP contribution in [0.15, 0.2) is 31.0 Å². The second-order valence-electron chi connectivity index (χ2n) is 4.98. The number of pyridine rings is 1. The number of carbonyl (C=O) groups is 2. The number of nitrogens with one attached hydrogen (secondary N) is 1. The molecule has 1 aromatic heterocycles. The molecule has 0 aromatic carbocycles. The van der Waals surface area contributed by atoms with Crippen LogP contribution in [0.25, 0.3) is 0 Å². The maximum Gasteiger partial charge on any atom is 0.245 e. The van der Waals surface area contributed by atoms with Gasteiger partial charge in [-0.2, -0.15) is 0 Å². The van der Waals surface area contributed by atoms with Gasteiger partial charge in [-0.1, -0.05) is 6.58 Å². The van der Waals surface area contributed by atoms with E-state index in [0.29, 0.717) is 25.9 Å². The summed E-state index contributed by atoms with van der Waals surface area (Å²) in [6.45, 7) is 6.58. The molecule has 1 aromatic rings. The Morgan fingerprint density at radius 3 is 2.75 bits per heavy atom. The molecule has 1 aliphatic heterocycles. The quantitative estimate of drug-likeness (QED) is 0.853. The first-order valence-electron chi connectivity index (χ1n) is 6.75. The Balaban J connectivity index is 1.89. The van der Waals surface area contributed by atoms with Gasteiger partial charge in [0.25, 0.3) is 0 Å². The third kappa shape index (κ3) is 3.44. The molecule has 2 amide bonds. The molecule has 0 spiro atoms. The first kappa shape index (κ1) is 14.2. The third-order valence-electron chi connectivity index (χ3n) is 3.52. The second-order valence-corrected chi connectivity index (χ2v) is 4.98. The molecule has 0 bridgehead atoms. The van der Waals surface area contributed by atoms with Gasteiger partial charge in [0.05, 0.1) is 0 Å². The molecule has 1 fully saturated rings. The SMILES string of the molecule is C=CC(=O)N1CCC(C(=O)Nc2ccnc(C)c2)CC1. The minimum absolute atomic E-state index is 0.0151. The second kappa shape index (κ2) is 6.32. The summed E-state index contributed by atoms with van der Waals surface area (Å²) in [5.74, 6) is -0.0905. The van der Waals surface area contributed by atoms with E-state index in [-0.39, 0.29) is 17.7 Å². The Bertz CT molecular complexity index is 520. The average molecular weight is 273 g/mol. The number of hydrogen-bond donors (Lipinski definition) is 1. The average Bonchev–Trinajstić information content (AvgIpc) is 2.46. The third-order valence-corrected chi connectivity index (χ3v) is 3.52. The van der Waals surface area contributed by atoms with Crippen LogP contribution in [-0.4, -0.2) is 34.8 Å². The van der Waals surface area contributed by atoms with Gasteiger partial charge in [0.1, 0.15) is 0 Å². The fourth-order valence-electron chi connectivity index (χ4n) is 2.36. The largest absolute Gasteiger partial charge is 0.339 e. The van der Waals surface area contributed by atoms with Crippen molar-refractivity contribution in [1.29, 1.82) is 0 Å². The van der Waals surface area contributed by atoms with Gasteiger partial charge in [0, 0.05) is 36.6 Å². The molecule has 20 heavy (non-hydrogen) atoms. The van der Waals surface area contributed by atoms with Crippen molar-refractivity contribution < 1.29 is 9.59 Å². The fraction of sp³-hybridized carbons (Fsp3) is 0.400. The highest BCUT2D eigenvalue weighted by Gasteiger charge is 2.26. The van der Waals surface area contributed by atoms with Crippen LogP contribution in [-0.2, 0) is 9.59 Å². The normalized spacial score (nSPS) is 15.8. The van der Waals surface area contributed by atoms with Gasteiger partial charge in [0.2, 0.25) is 11.8 Å². The number of hydrogen-bond acceptors (Lipinski definition) is 3. The standard InChI is InChI=1S/C15H19N3O2/c1-3-14(19)18-8-5-12(6-9-18)15(20)17-13-4-7-16-11(2)10-13/h3-4,7,10,12H,1,5-6,8-9H2,2H3,(H,16,17,20). The molecule has 0 radical (unpaired) electrons. The molecule has 0 unspecified atom stereocenters. The zero-order valence-electron chi connectivity index (χ0n) is 11.6. The Kier molecular flexibility index (Phi) is 4.50. The molecule has 1 saturated heterocycles. The number of carbonyl (C=O) groups excluding carboxylic acids is 2. The Morgan fingerprint density at radius 2 is 2.15 bits per heavy atom. The number of amides is 2. The number of nitrogens with zero attached hydrogens (tertiary/aromatic N) is 2. The van der Waals surface area contributed by atoms with E-state index < -0.39 is 0 Å². The van der Waals surface area contributed by atoms with Crippen molar-refractivity contribution in [3.05, 3.63) is 36.7 Å². The number of aryl methyl sites for hydroxylation is 1. The molecule has 2 rings (SSSR count). The number of piperidine rings is 1. The van der Waals surface area contributed by atoms with Crippen molar-refractivity contribution in [2.24, 2.45) is 5.92 Å². The predicted octanol–water partition coefficient (Wildman–Crippen LogP) is 1.75. The lowest BCUT2D eigenvalue weighted by Gasteiger charge is -2.30. The maximum atomic E-state index is 12.2. The minimum atomic E-state index is -0.0615. The van der Waals surface area contributed by atoms with Gasteiger partial charge < -0.3 is 10.2 Å². The molecular formula is C15H19N3O2. The lowest BCUT2D eigenvalue weighted by atomic mass is 9.95. The van der Waals surface area contributed by atoms with Gasteiger partial charge in [-0.3, -0.25) is 14.6 Å². The topological polar surface area (TPSA) is 62.3 Å². The van der Waals surface area contributed by atoms with Gasteiger partial charge in [0.15, 0.2) is 0 Å². The molecule has 1 aliphatic rings. The van der Waals surface area contributed by atoms with Crippen molar-refractivity contribution in [1.82, 2.24) is 9.88 Å². The summed E-state index contributed by atoms with van der Waals surface area (Å²) in [5, 5.41) is 2.91. The van der Waals surface area contributed by atoms with Gasteiger partial charge in [-0.05, 0) is 38.0 Å². The lowest BCUT2D eigenvalue weighted by molar-refractivity contribution is -0.130. The molecular weight excluding hydrogens is 254 g/mol. The van der Waals surface area contributed by atoms with Crippen molar-refractivity contribution in [2.45, 2.75) is 19.8 Å². The van der Waals surface area contributed by atoms with E-state index in [1.165, 1.54) is 6.08 Å². The zero-order valence-corrected chi connectivity index (χ0v) is 11.6. The summed E-state index contributed by atoms with van der Waals surface area (Å²) in [6, 6.07) is 3.62. The van der Waals surface area contributed by atoms with Crippen molar-refractivity contribution in [3.8, 4) is 0 Å². The zero-order chi connectivity index (χ0) is 14.5. The van der Waals surface area contributed by atoms with Gasteiger partial charge in [-0.25, -0.2) is 0 Å². The number of likely N-dealkylation sites (tertiary alicyclic amines) is 1. The smallest absolute Gasteiger partial charge is 0.245 e. The van der Waals surface area contributed by atoms with Crippen LogP contribution in [0.2, 0.25) is 0 Å². The Labute approximate surface area is 118 Å². The summed E-state index contributed by atoms with van der Waals surface area (Å²) in [4.78, 5) is 29.5. The van der Waals surface area contributed by atoms with Crippen LogP contribution in [0.4, 0.5) is 5.69 Å². The molecule has 0 saturated carbocycles. The first-order chi connectivity index (χ1) is 9.60. The minimum Gasteiger partial charge on any atom is -0.339 e. The monoisotopic (exact) mass is 273 g/mol. The highest BCUT2D eigenvalue weighted by atomic mass is 16.2. The number of anilines is 1. The highest BCUT2D eigenvalue weighted by Crippen LogP contribution is 2.19. The summed E-state index contributed by atoms with van der Waals surface area (Å²) in [6.07, 6.45) is 4.38. The molecule has 2 heterocycles. The molecule has 5 heteroatoms. The van der Waals surface area contributed by atoms with Crippen LogP contribution in [0.1, 0.15) is 18.5 Å². The molecule has 0 atom stereocenters. The van der Waals surface area contributed by atoms with E-state index in [1.54, 1.807) is 17.2 Å². The summed E-state index contributed by atoms with van der Waals surface area (Å²) < 4.78 is 0. The van der Waals surface area contributed by atoms with Crippen LogP contribution in [0, 0.1) is 12.8 Å². The Hall–Kier alpha value is -2.17. The van der Waals surface area contributed by atoms with Crippen LogP contribution >= 0.6 is 0 Å². The van der Waals surface area contributed by atoms with Crippen LogP contribution in [0.5, 0.6) is 0 Å². The van der Waals surface area contributed by atoms with Crippen molar-refractivity contribution in [3.63, 3.8) is 0 Å². The van der Waals surface area contributed by atoms with E-state index in [2.05, 4.69) is 16.9 Å². The summed E-state index contributed by atoms with van der Waals surface area (Å²) in [7, 11) is 0. The van der Waals surface area contributed by atoms with Crippen molar-refractivity contribution in [2.75, 3.05) is 18.4 Å². The van der Waals surface area contributed by atoms with Crippen LogP contribution in [0.3, 0.4) is 0 Å². The lowest BCUT2D eigenvalue weighted by Crippen LogP contribution is -2.40. The van der Waals surface area contributed by atoms with Crippen LogP contribution < -0.4 is 5.32 Å². The highest BCUT2D eigenvalue weighted by molar-refractivity contribution is 5.93. The van der Waals surface area contributed by atoms with Gasteiger partial charge in [-0.15, -0.1) is 0 Å². The molecule has 0 aliphatic carbocycles. The predicted molar refractivity (Wildman–Crippen MR) is 77.1 cm³/mol. The number of aromatic nitrogens is 1. The number of rotatable bonds is 3. The summed E-state index contributed by atoms with van der Waals surface area (Å²) >= 11 is 0. The van der Waals surface area contributed by atoms with E-state index in [4.69, 9.17) is 0 Å². The molecule has 5 nitrogen and oxygen atoms in total. The van der Waals surface area contributed by atoms with E-state index >= 15 is 0 Å². The van der Waals surface area contributed by atoms with E-state index in [1.807, 2.05) is 13.0 Å². The molecule has 1 N–H and O–H groups in total. The van der Waals surface area contributed by atoms with Gasteiger partial charge >= 0.3 is 0 Å². The fourth-order valence-corrected chi connectivity index (χ4v) is 2.36. The van der Waals surface area contributed by atoms with Crippen molar-refractivity contribution >= 4 is 17.5 Å². The first-order valence-corrected chi connectivity index (χ1v) is 6.75. The van der Waals surface area contributed by atoms with E-state index in [0.717, 1.165) is 11.4 Å². The maximum absolute atomic E-state index is 12.2. The Morgan fingerprint density at radius 1 is 1.45 bits per heavy atom. The molecule has 106 valence electrons.